The van der Waals surface area contributed by atoms with Crippen molar-refractivity contribution in [2.75, 3.05) is 24.2 Å². The van der Waals surface area contributed by atoms with Gasteiger partial charge in [-0.15, -0.1) is 0 Å². The van der Waals surface area contributed by atoms with Gasteiger partial charge in [-0.25, -0.2) is 0 Å². The highest BCUT2D eigenvalue weighted by Gasteiger charge is 2.07. The van der Waals surface area contributed by atoms with Crippen molar-refractivity contribution in [3.63, 3.8) is 0 Å². The Hall–Kier alpha value is -1.08. The Balaban J connectivity index is 2.59. The van der Waals surface area contributed by atoms with Crippen LogP contribution in [-0.2, 0) is 4.79 Å². The van der Waals surface area contributed by atoms with Gasteiger partial charge in [0.2, 0.25) is 17.1 Å². The van der Waals surface area contributed by atoms with Crippen LogP contribution in [0.25, 0.3) is 0 Å². The van der Waals surface area contributed by atoms with E-state index >= 15 is 0 Å². The van der Waals surface area contributed by atoms with E-state index in [0.29, 0.717) is 17.6 Å². The fourth-order valence-corrected chi connectivity index (χ4v) is 1.97. The van der Waals surface area contributed by atoms with Gasteiger partial charge in [-0.05, 0) is 24.9 Å². The molecule has 0 aliphatic heterocycles. The number of nitrogens with one attached hydrogen (secondary N) is 2. The van der Waals surface area contributed by atoms with Crippen LogP contribution >= 0.6 is 23.4 Å². The van der Waals surface area contributed by atoms with E-state index in [9.17, 15) is 4.79 Å². The van der Waals surface area contributed by atoms with E-state index in [-0.39, 0.29) is 16.9 Å². The van der Waals surface area contributed by atoms with Gasteiger partial charge in [-0.2, -0.15) is 15.0 Å². The maximum atomic E-state index is 11.3. The van der Waals surface area contributed by atoms with E-state index < -0.39 is 0 Å². The number of aromatic nitrogens is 3. The summed E-state index contributed by atoms with van der Waals surface area (Å²) in [5.74, 6) is 0.652. The molecular weight excluding hydrogens is 274 g/mol. The van der Waals surface area contributed by atoms with Crippen LogP contribution in [0.3, 0.4) is 0 Å². The third-order valence-corrected chi connectivity index (χ3v) is 2.84. The second-order valence-electron chi connectivity index (χ2n) is 3.38. The fraction of sp³-hybridized carbons (Fsp3) is 0.600. The van der Waals surface area contributed by atoms with Crippen LogP contribution in [0, 0.1) is 0 Å². The van der Waals surface area contributed by atoms with Crippen molar-refractivity contribution in [2.45, 2.75) is 25.4 Å². The van der Waals surface area contributed by atoms with E-state index in [1.54, 1.807) is 0 Å². The summed E-state index contributed by atoms with van der Waals surface area (Å²) >= 11 is 7.02. The highest BCUT2D eigenvalue weighted by molar-refractivity contribution is 7.99. The van der Waals surface area contributed by atoms with Crippen molar-refractivity contribution in [1.29, 1.82) is 0 Å². The van der Waals surface area contributed by atoms with Crippen molar-refractivity contribution in [3.05, 3.63) is 5.28 Å². The minimum atomic E-state index is -0.0536. The number of carbonyl (C=O) groups excluding carboxylic acids is 1. The van der Waals surface area contributed by atoms with E-state index in [1.165, 1.54) is 11.8 Å². The van der Waals surface area contributed by atoms with Crippen molar-refractivity contribution in [1.82, 2.24) is 20.3 Å². The van der Waals surface area contributed by atoms with Crippen LogP contribution in [0.4, 0.5) is 5.95 Å². The van der Waals surface area contributed by atoms with Gasteiger partial charge in [-0.3, -0.25) is 4.79 Å². The van der Waals surface area contributed by atoms with Crippen molar-refractivity contribution < 1.29 is 4.79 Å². The molecule has 0 saturated carbocycles. The molecule has 0 atom stereocenters. The van der Waals surface area contributed by atoms with E-state index in [2.05, 4.69) is 25.6 Å². The first-order chi connectivity index (χ1) is 8.65. The Kier molecular flexibility index (Phi) is 6.74. The Bertz CT molecular complexity index is 404. The molecule has 0 spiro atoms. The standard InChI is InChI=1S/C10H16ClN5OS/c1-3-5-13-9-14-8(11)15-10(16-9)18-6-7(17)12-4-2/h3-6H2,1-2H3,(H,12,17)(H,13,14,15,16). The van der Waals surface area contributed by atoms with Gasteiger partial charge in [0.1, 0.15) is 0 Å². The number of anilines is 1. The molecule has 0 unspecified atom stereocenters. The summed E-state index contributed by atoms with van der Waals surface area (Å²) in [5.41, 5.74) is 0. The third kappa shape index (κ3) is 5.50. The molecule has 100 valence electrons. The molecule has 0 bridgehead atoms. The van der Waals surface area contributed by atoms with Crippen LogP contribution < -0.4 is 10.6 Å². The zero-order valence-electron chi connectivity index (χ0n) is 10.4. The number of hydrogen-bond acceptors (Lipinski definition) is 6. The summed E-state index contributed by atoms with van der Waals surface area (Å²) < 4.78 is 0. The first kappa shape index (κ1) is 15.0. The van der Waals surface area contributed by atoms with Gasteiger partial charge < -0.3 is 10.6 Å². The largest absolute Gasteiger partial charge is 0.356 e. The number of rotatable bonds is 7. The smallest absolute Gasteiger partial charge is 0.230 e. The molecule has 1 aromatic heterocycles. The summed E-state index contributed by atoms with van der Waals surface area (Å²) in [6.45, 7) is 5.29. The van der Waals surface area contributed by atoms with Crippen molar-refractivity contribution >= 4 is 35.2 Å². The van der Waals surface area contributed by atoms with Crippen LogP contribution in [0.5, 0.6) is 0 Å². The second-order valence-corrected chi connectivity index (χ2v) is 4.66. The molecule has 0 radical (unpaired) electrons. The van der Waals surface area contributed by atoms with E-state index in [4.69, 9.17) is 11.6 Å². The quantitative estimate of drug-likeness (QED) is 0.742. The van der Waals surface area contributed by atoms with Gasteiger partial charge in [0.05, 0.1) is 5.75 Å². The van der Waals surface area contributed by atoms with Crippen molar-refractivity contribution in [2.24, 2.45) is 0 Å². The first-order valence-corrected chi connectivity index (χ1v) is 7.07. The van der Waals surface area contributed by atoms with Crippen molar-refractivity contribution in [3.8, 4) is 0 Å². The molecule has 2 N–H and O–H groups in total. The normalized spacial score (nSPS) is 10.2. The van der Waals surface area contributed by atoms with E-state index in [0.717, 1.165) is 13.0 Å². The zero-order chi connectivity index (χ0) is 13.4. The predicted molar refractivity (Wildman–Crippen MR) is 73.0 cm³/mol. The Labute approximate surface area is 115 Å². The number of thioether (sulfide) groups is 1. The summed E-state index contributed by atoms with van der Waals surface area (Å²) in [6.07, 6.45) is 0.963. The van der Waals surface area contributed by atoms with Gasteiger partial charge in [-0.1, -0.05) is 18.7 Å². The van der Waals surface area contributed by atoms with Gasteiger partial charge in [0, 0.05) is 13.1 Å². The molecule has 1 amide bonds. The third-order valence-electron chi connectivity index (χ3n) is 1.83. The number of amides is 1. The van der Waals surface area contributed by atoms with Crippen LogP contribution in [-0.4, -0.2) is 39.7 Å². The molecule has 0 aliphatic rings. The zero-order valence-corrected chi connectivity index (χ0v) is 11.9. The average Bonchev–Trinajstić information content (AvgIpc) is 2.34. The number of halogens is 1. The van der Waals surface area contributed by atoms with E-state index in [1.807, 2.05) is 13.8 Å². The monoisotopic (exact) mass is 289 g/mol. The van der Waals surface area contributed by atoms with Crippen LogP contribution in [0.2, 0.25) is 5.28 Å². The number of carbonyl (C=O) groups is 1. The first-order valence-electron chi connectivity index (χ1n) is 5.70. The summed E-state index contributed by atoms with van der Waals surface area (Å²) in [7, 11) is 0. The number of hydrogen-bond donors (Lipinski definition) is 2. The van der Waals surface area contributed by atoms with Gasteiger partial charge in [0.15, 0.2) is 5.16 Å². The molecule has 1 rings (SSSR count). The predicted octanol–water partition coefficient (Wildman–Crippen LogP) is 1.58. The highest BCUT2D eigenvalue weighted by Crippen LogP contribution is 2.16. The minimum absolute atomic E-state index is 0.0536. The lowest BCUT2D eigenvalue weighted by atomic mass is 10.5. The lowest BCUT2D eigenvalue weighted by Crippen LogP contribution is -2.24. The lowest BCUT2D eigenvalue weighted by Gasteiger charge is -2.05. The molecule has 0 aliphatic carbocycles. The fourth-order valence-electron chi connectivity index (χ4n) is 1.09. The molecule has 1 heterocycles. The lowest BCUT2D eigenvalue weighted by molar-refractivity contribution is -0.118. The summed E-state index contributed by atoms with van der Waals surface area (Å²) in [4.78, 5) is 23.4. The molecule has 0 aromatic carbocycles. The molecule has 0 saturated heterocycles. The Morgan fingerprint density at radius 3 is 2.78 bits per heavy atom. The SMILES string of the molecule is CCCNc1nc(Cl)nc(SCC(=O)NCC)n1. The maximum Gasteiger partial charge on any atom is 0.230 e. The molecule has 18 heavy (non-hydrogen) atoms. The minimum Gasteiger partial charge on any atom is -0.356 e. The summed E-state index contributed by atoms with van der Waals surface area (Å²) in [5, 5.41) is 6.30. The number of nitrogens with zero attached hydrogens (tertiary/aromatic N) is 3. The molecule has 0 fully saturated rings. The molecule has 8 heteroatoms. The van der Waals surface area contributed by atoms with Gasteiger partial charge in [0.25, 0.3) is 0 Å². The summed E-state index contributed by atoms with van der Waals surface area (Å²) in [6, 6.07) is 0. The second kappa shape index (κ2) is 8.10. The molecule has 1 aromatic rings. The van der Waals surface area contributed by atoms with Gasteiger partial charge >= 0.3 is 0 Å². The maximum absolute atomic E-state index is 11.3. The van der Waals surface area contributed by atoms with Crippen LogP contribution in [0.1, 0.15) is 20.3 Å². The Morgan fingerprint density at radius 1 is 1.33 bits per heavy atom. The molecular formula is C10H16ClN5OS. The topological polar surface area (TPSA) is 79.8 Å². The van der Waals surface area contributed by atoms with Crippen LogP contribution in [0.15, 0.2) is 5.16 Å². The molecule has 6 nitrogen and oxygen atoms in total. The highest BCUT2D eigenvalue weighted by atomic mass is 35.5. The average molecular weight is 290 g/mol. The Morgan fingerprint density at radius 2 is 2.11 bits per heavy atom.